The molecule has 0 radical (unpaired) electrons. The molecule has 0 amide bonds. The van der Waals surface area contributed by atoms with Crippen molar-refractivity contribution in [1.82, 2.24) is 0 Å². The number of nitrogens with one attached hydrogen (secondary N) is 1. The Morgan fingerprint density at radius 1 is 1.00 bits per heavy atom. The fourth-order valence-electron chi connectivity index (χ4n) is 2.03. The van der Waals surface area contributed by atoms with Crippen LogP contribution in [0.25, 0.3) is 0 Å². The van der Waals surface area contributed by atoms with Crippen LogP contribution in [0.1, 0.15) is 18.9 Å². The Kier molecular flexibility index (Phi) is 4.66. The van der Waals surface area contributed by atoms with E-state index in [1.807, 2.05) is 37.3 Å². The van der Waals surface area contributed by atoms with E-state index < -0.39 is 17.5 Å². The number of rotatable bonds is 5. The van der Waals surface area contributed by atoms with Crippen LogP contribution in [0.5, 0.6) is 0 Å². The standard InChI is InChI=1S/C16H16F3N/c1-11(7-8-12-5-3-2-4-6-12)20-16-14(18)9-13(17)10-15(16)19/h2-6,9-11,20H,7-8H2,1H3. The highest BCUT2D eigenvalue weighted by atomic mass is 19.1. The lowest BCUT2D eigenvalue weighted by molar-refractivity contribution is 0.543. The first-order valence-electron chi connectivity index (χ1n) is 6.51. The van der Waals surface area contributed by atoms with E-state index in [1.54, 1.807) is 0 Å². The van der Waals surface area contributed by atoms with Gasteiger partial charge in [-0.25, -0.2) is 13.2 Å². The highest BCUT2D eigenvalue weighted by Gasteiger charge is 2.13. The summed E-state index contributed by atoms with van der Waals surface area (Å²) in [5.74, 6) is -2.73. The summed E-state index contributed by atoms with van der Waals surface area (Å²) >= 11 is 0. The quantitative estimate of drug-likeness (QED) is 0.847. The van der Waals surface area contributed by atoms with Crippen LogP contribution in [0.2, 0.25) is 0 Å². The summed E-state index contributed by atoms with van der Waals surface area (Å²) in [6.07, 6.45) is 1.53. The normalized spacial score (nSPS) is 12.2. The predicted octanol–water partition coefficient (Wildman–Crippen LogP) is 4.54. The largest absolute Gasteiger partial charge is 0.378 e. The van der Waals surface area contributed by atoms with Crippen molar-refractivity contribution in [2.24, 2.45) is 0 Å². The van der Waals surface area contributed by atoms with Crippen LogP contribution in [-0.2, 0) is 6.42 Å². The van der Waals surface area contributed by atoms with Crippen molar-refractivity contribution in [2.75, 3.05) is 5.32 Å². The lowest BCUT2D eigenvalue weighted by atomic mass is 10.1. The fraction of sp³-hybridized carbons (Fsp3) is 0.250. The topological polar surface area (TPSA) is 12.0 Å². The molecule has 0 saturated carbocycles. The van der Waals surface area contributed by atoms with E-state index in [-0.39, 0.29) is 11.7 Å². The van der Waals surface area contributed by atoms with Gasteiger partial charge < -0.3 is 5.32 Å². The van der Waals surface area contributed by atoms with Crippen LogP contribution in [-0.4, -0.2) is 6.04 Å². The van der Waals surface area contributed by atoms with Gasteiger partial charge in [0.15, 0.2) is 11.6 Å². The van der Waals surface area contributed by atoms with E-state index in [2.05, 4.69) is 5.32 Å². The van der Waals surface area contributed by atoms with Crippen molar-refractivity contribution in [1.29, 1.82) is 0 Å². The molecule has 1 nitrogen and oxygen atoms in total. The van der Waals surface area contributed by atoms with Gasteiger partial charge in [0.25, 0.3) is 0 Å². The maximum atomic E-state index is 13.5. The van der Waals surface area contributed by atoms with E-state index in [0.717, 1.165) is 12.8 Å². The third-order valence-electron chi connectivity index (χ3n) is 3.11. The van der Waals surface area contributed by atoms with Crippen LogP contribution < -0.4 is 5.32 Å². The Morgan fingerprint density at radius 3 is 2.20 bits per heavy atom. The van der Waals surface area contributed by atoms with Gasteiger partial charge in [0.05, 0.1) is 0 Å². The Bertz CT molecular complexity index is 546. The van der Waals surface area contributed by atoms with E-state index in [0.29, 0.717) is 12.1 Å². The van der Waals surface area contributed by atoms with Crippen LogP contribution in [0.15, 0.2) is 42.5 Å². The zero-order valence-corrected chi connectivity index (χ0v) is 11.2. The van der Waals surface area contributed by atoms with Crippen molar-refractivity contribution < 1.29 is 13.2 Å². The molecule has 0 aliphatic heterocycles. The highest BCUT2D eigenvalue weighted by Crippen LogP contribution is 2.21. The highest BCUT2D eigenvalue weighted by molar-refractivity contribution is 5.47. The molecule has 1 N–H and O–H groups in total. The first-order chi connectivity index (χ1) is 9.56. The van der Waals surface area contributed by atoms with E-state index in [4.69, 9.17) is 0 Å². The molecular weight excluding hydrogens is 263 g/mol. The van der Waals surface area contributed by atoms with Gasteiger partial charge in [-0.15, -0.1) is 0 Å². The molecule has 0 saturated heterocycles. The molecule has 2 aromatic rings. The van der Waals surface area contributed by atoms with E-state index >= 15 is 0 Å². The van der Waals surface area contributed by atoms with Crippen LogP contribution in [0.3, 0.4) is 0 Å². The van der Waals surface area contributed by atoms with Crippen molar-refractivity contribution in [3.8, 4) is 0 Å². The minimum atomic E-state index is -0.914. The number of anilines is 1. The lowest BCUT2D eigenvalue weighted by Crippen LogP contribution is -2.18. The summed E-state index contributed by atoms with van der Waals surface area (Å²) in [5, 5.41) is 2.76. The molecule has 4 heteroatoms. The lowest BCUT2D eigenvalue weighted by Gasteiger charge is -2.16. The monoisotopic (exact) mass is 279 g/mol. The number of aryl methyl sites for hydroxylation is 1. The summed E-state index contributed by atoms with van der Waals surface area (Å²) < 4.78 is 39.8. The molecule has 0 aromatic heterocycles. The second-order valence-corrected chi connectivity index (χ2v) is 4.81. The summed E-state index contributed by atoms with van der Waals surface area (Å²) in [5.41, 5.74) is 0.896. The Labute approximate surface area is 116 Å². The molecule has 20 heavy (non-hydrogen) atoms. The summed E-state index contributed by atoms with van der Waals surface area (Å²) in [7, 11) is 0. The molecule has 0 aliphatic rings. The van der Waals surface area contributed by atoms with Gasteiger partial charge in [-0.1, -0.05) is 30.3 Å². The third-order valence-corrected chi connectivity index (χ3v) is 3.11. The molecule has 0 spiro atoms. The second kappa shape index (κ2) is 6.46. The molecule has 2 aromatic carbocycles. The number of hydrogen-bond donors (Lipinski definition) is 1. The summed E-state index contributed by atoms with van der Waals surface area (Å²) in [6, 6.07) is 11.1. The maximum Gasteiger partial charge on any atom is 0.152 e. The summed E-state index contributed by atoms with van der Waals surface area (Å²) in [4.78, 5) is 0. The minimum absolute atomic E-state index is 0.121. The van der Waals surface area contributed by atoms with Crippen LogP contribution in [0, 0.1) is 17.5 Å². The van der Waals surface area contributed by atoms with Gasteiger partial charge in [-0.2, -0.15) is 0 Å². The Balaban J connectivity index is 1.96. The van der Waals surface area contributed by atoms with E-state index in [9.17, 15) is 13.2 Å². The van der Waals surface area contributed by atoms with Gasteiger partial charge in [-0.3, -0.25) is 0 Å². The molecule has 0 heterocycles. The molecule has 0 bridgehead atoms. The Hall–Kier alpha value is -1.97. The van der Waals surface area contributed by atoms with Crippen LogP contribution in [0.4, 0.5) is 18.9 Å². The number of halogens is 3. The molecule has 0 fully saturated rings. The van der Waals surface area contributed by atoms with Crippen LogP contribution >= 0.6 is 0 Å². The number of hydrogen-bond acceptors (Lipinski definition) is 1. The van der Waals surface area contributed by atoms with Gasteiger partial charge in [-0.05, 0) is 25.3 Å². The maximum absolute atomic E-state index is 13.5. The average molecular weight is 279 g/mol. The first-order valence-corrected chi connectivity index (χ1v) is 6.51. The third kappa shape index (κ3) is 3.76. The fourth-order valence-corrected chi connectivity index (χ4v) is 2.03. The van der Waals surface area contributed by atoms with Crippen molar-refractivity contribution >= 4 is 5.69 Å². The van der Waals surface area contributed by atoms with Gasteiger partial charge in [0.1, 0.15) is 11.5 Å². The summed E-state index contributed by atoms with van der Waals surface area (Å²) in [6.45, 7) is 1.84. The van der Waals surface area contributed by atoms with Gasteiger partial charge in [0, 0.05) is 18.2 Å². The van der Waals surface area contributed by atoms with E-state index in [1.165, 1.54) is 5.56 Å². The zero-order chi connectivity index (χ0) is 14.5. The first kappa shape index (κ1) is 14.4. The molecule has 0 aliphatic carbocycles. The second-order valence-electron chi connectivity index (χ2n) is 4.81. The zero-order valence-electron chi connectivity index (χ0n) is 11.2. The molecule has 2 rings (SSSR count). The van der Waals surface area contributed by atoms with Crippen molar-refractivity contribution in [2.45, 2.75) is 25.8 Å². The van der Waals surface area contributed by atoms with Crippen molar-refractivity contribution in [3.05, 3.63) is 65.5 Å². The van der Waals surface area contributed by atoms with Crippen molar-refractivity contribution in [3.63, 3.8) is 0 Å². The molecule has 106 valence electrons. The SMILES string of the molecule is CC(CCc1ccccc1)Nc1c(F)cc(F)cc1F. The molecular formula is C16H16F3N. The molecule has 1 atom stereocenters. The average Bonchev–Trinajstić information content (AvgIpc) is 2.42. The smallest absolute Gasteiger partial charge is 0.152 e. The van der Waals surface area contributed by atoms with Gasteiger partial charge in [0.2, 0.25) is 0 Å². The minimum Gasteiger partial charge on any atom is -0.378 e. The predicted molar refractivity (Wildman–Crippen MR) is 74.2 cm³/mol. The Morgan fingerprint density at radius 2 is 1.60 bits per heavy atom. The number of benzene rings is 2. The van der Waals surface area contributed by atoms with Gasteiger partial charge >= 0.3 is 0 Å². The molecule has 1 unspecified atom stereocenters.